The summed E-state index contributed by atoms with van der Waals surface area (Å²) in [6.07, 6.45) is 1.53. The van der Waals surface area contributed by atoms with Crippen LogP contribution in [0.2, 0.25) is 0 Å². The molecular formula is C30H35BrN2O2. The topological polar surface area (TPSA) is 49.4 Å². The summed E-state index contributed by atoms with van der Waals surface area (Å²) in [6, 6.07) is 23.4. The number of aryl methyl sites for hydroxylation is 2. The van der Waals surface area contributed by atoms with Gasteiger partial charge >= 0.3 is 0 Å². The zero-order chi connectivity index (χ0) is 25.4. The van der Waals surface area contributed by atoms with Gasteiger partial charge in [0.15, 0.2) is 0 Å². The summed E-state index contributed by atoms with van der Waals surface area (Å²) < 4.78 is 0.945. The predicted molar refractivity (Wildman–Crippen MR) is 146 cm³/mol. The molecule has 3 rings (SSSR count). The monoisotopic (exact) mass is 534 g/mol. The highest BCUT2D eigenvalue weighted by Gasteiger charge is 2.31. The Kier molecular flexibility index (Phi) is 9.67. The minimum Gasteiger partial charge on any atom is -0.352 e. The van der Waals surface area contributed by atoms with Crippen LogP contribution in [-0.2, 0) is 29.0 Å². The third kappa shape index (κ3) is 7.79. The molecule has 3 aromatic carbocycles. The molecule has 0 aliphatic heterocycles. The summed E-state index contributed by atoms with van der Waals surface area (Å²) in [7, 11) is 0. The Hall–Kier alpha value is -2.92. The number of nitrogens with zero attached hydrogens (tertiary/aromatic N) is 1. The fraction of sp³-hybridized carbons (Fsp3) is 0.333. The van der Waals surface area contributed by atoms with Gasteiger partial charge in [-0.2, -0.15) is 0 Å². The number of carbonyl (C=O) groups excluding carboxylic acids is 2. The first-order valence-electron chi connectivity index (χ1n) is 12.2. The van der Waals surface area contributed by atoms with Crippen LogP contribution in [0.15, 0.2) is 77.3 Å². The molecule has 5 heteroatoms. The Morgan fingerprint density at radius 3 is 2.34 bits per heavy atom. The summed E-state index contributed by atoms with van der Waals surface area (Å²) in [5.74, 6) is -0.175. The van der Waals surface area contributed by atoms with Crippen LogP contribution < -0.4 is 5.32 Å². The Balaban J connectivity index is 2.00. The lowest BCUT2D eigenvalue weighted by molar-refractivity contribution is -0.141. The smallest absolute Gasteiger partial charge is 0.243 e. The molecule has 1 N–H and O–H groups in total. The van der Waals surface area contributed by atoms with Gasteiger partial charge in [-0.05, 0) is 61.6 Å². The van der Waals surface area contributed by atoms with Gasteiger partial charge in [-0.1, -0.05) is 89.1 Å². The van der Waals surface area contributed by atoms with E-state index in [2.05, 4.69) is 33.4 Å². The number of hydrogen-bond donors (Lipinski definition) is 1. The predicted octanol–water partition coefficient (Wildman–Crippen LogP) is 6.16. The maximum absolute atomic E-state index is 13.9. The lowest BCUT2D eigenvalue weighted by Gasteiger charge is -2.32. The molecule has 0 heterocycles. The van der Waals surface area contributed by atoms with Gasteiger partial charge in [0.2, 0.25) is 11.8 Å². The second-order valence-electron chi connectivity index (χ2n) is 9.28. The second-order valence-corrected chi connectivity index (χ2v) is 10.2. The zero-order valence-electron chi connectivity index (χ0n) is 21.1. The Morgan fingerprint density at radius 2 is 1.66 bits per heavy atom. The van der Waals surface area contributed by atoms with Crippen LogP contribution in [0.25, 0.3) is 0 Å². The average molecular weight is 536 g/mol. The number of benzene rings is 3. The molecule has 0 aromatic heterocycles. The fourth-order valence-corrected chi connectivity index (χ4v) is 4.53. The maximum atomic E-state index is 13.9. The first-order chi connectivity index (χ1) is 16.8. The number of hydrogen-bond acceptors (Lipinski definition) is 2. The van der Waals surface area contributed by atoms with Crippen LogP contribution in [0.4, 0.5) is 0 Å². The minimum atomic E-state index is -0.622. The molecule has 0 unspecified atom stereocenters. The lowest BCUT2D eigenvalue weighted by atomic mass is 9.99. The van der Waals surface area contributed by atoms with Crippen molar-refractivity contribution in [3.8, 4) is 0 Å². The molecule has 0 aliphatic rings. The largest absolute Gasteiger partial charge is 0.352 e. The van der Waals surface area contributed by atoms with E-state index < -0.39 is 6.04 Å². The van der Waals surface area contributed by atoms with E-state index in [4.69, 9.17) is 0 Å². The zero-order valence-corrected chi connectivity index (χ0v) is 22.6. The maximum Gasteiger partial charge on any atom is 0.243 e. The molecule has 184 valence electrons. The van der Waals surface area contributed by atoms with E-state index >= 15 is 0 Å². The van der Waals surface area contributed by atoms with Crippen LogP contribution in [0, 0.1) is 13.8 Å². The number of nitrogens with one attached hydrogen (secondary N) is 1. The molecular weight excluding hydrogens is 500 g/mol. The summed E-state index contributed by atoms with van der Waals surface area (Å²) in [4.78, 5) is 29.2. The van der Waals surface area contributed by atoms with E-state index in [-0.39, 0.29) is 24.3 Å². The van der Waals surface area contributed by atoms with E-state index in [1.165, 1.54) is 0 Å². The van der Waals surface area contributed by atoms with Crippen molar-refractivity contribution in [1.82, 2.24) is 10.2 Å². The second kappa shape index (κ2) is 12.7. The molecule has 3 aromatic rings. The third-order valence-electron chi connectivity index (χ3n) is 6.36. The molecule has 0 bridgehead atoms. The van der Waals surface area contributed by atoms with Crippen LogP contribution in [-0.4, -0.2) is 28.8 Å². The molecule has 0 saturated carbocycles. The molecule has 0 radical (unpaired) electrons. The van der Waals surface area contributed by atoms with E-state index in [1.54, 1.807) is 4.90 Å². The number of carbonyl (C=O) groups is 2. The molecule has 2 amide bonds. The highest BCUT2D eigenvalue weighted by atomic mass is 79.9. The lowest BCUT2D eigenvalue weighted by Crippen LogP contribution is -2.52. The van der Waals surface area contributed by atoms with Crippen molar-refractivity contribution in [3.63, 3.8) is 0 Å². The van der Waals surface area contributed by atoms with Gasteiger partial charge in [0.05, 0.1) is 6.42 Å². The molecule has 0 aliphatic carbocycles. The quantitative estimate of drug-likeness (QED) is 0.338. The third-order valence-corrected chi connectivity index (χ3v) is 6.85. The van der Waals surface area contributed by atoms with Crippen molar-refractivity contribution in [3.05, 3.63) is 105 Å². The van der Waals surface area contributed by atoms with E-state index in [1.807, 2.05) is 88.4 Å². The van der Waals surface area contributed by atoms with Crippen LogP contribution in [0.1, 0.15) is 48.1 Å². The van der Waals surface area contributed by atoms with Crippen molar-refractivity contribution in [2.75, 3.05) is 0 Å². The minimum absolute atomic E-state index is 0.0302. The summed E-state index contributed by atoms with van der Waals surface area (Å²) in [6.45, 7) is 8.45. The van der Waals surface area contributed by atoms with Crippen molar-refractivity contribution >= 4 is 27.7 Å². The van der Waals surface area contributed by atoms with Crippen molar-refractivity contribution in [2.24, 2.45) is 0 Å². The summed E-state index contributed by atoms with van der Waals surface area (Å²) in [5.41, 5.74) is 5.19. The van der Waals surface area contributed by atoms with Crippen molar-refractivity contribution < 1.29 is 9.59 Å². The molecule has 2 atom stereocenters. The average Bonchev–Trinajstić information content (AvgIpc) is 2.84. The van der Waals surface area contributed by atoms with E-state index in [9.17, 15) is 9.59 Å². The summed E-state index contributed by atoms with van der Waals surface area (Å²) >= 11 is 3.54. The first kappa shape index (κ1) is 26.7. The van der Waals surface area contributed by atoms with Crippen LogP contribution in [0.5, 0.6) is 0 Å². The first-order valence-corrected chi connectivity index (χ1v) is 13.0. The number of halogens is 1. The number of rotatable bonds is 10. The highest BCUT2D eigenvalue weighted by Crippen LogP contribution is 2.20. The molecule has 0 saturated heterocycles. The van der Waals surface area contributed by atoms with E-state index in [0.717, 1.165) is 38.7 Å². The van der Waals surface area contributed by atoms with Crippen molar-refractivity contribution in [1.29, 1.82) is 0 Å². The van der Waals surface area contributed by atoms with Gasteiger partial charge in [0.25, 0.3) is 0 Å². The van der Waals surface area contributed by atoms with Crippen LogP contribution in [0.3, 0.4) is 0 Å². The van der Waals surface area contributed by atoms with Crippen molar-refractivity contribution in [2.45, 2.75) is 65.6 Å². The number of amides is 2. The SMILES string of the molecule is CC[C@@H](C)NC(=O)[C@@H](Cc1ccccc1)N(Cc1cccc(Br)c1)C(=O)Cc1cc(C)ccc1C. The molecule has 0 spiro atoms. The van der Waals surface area contributed by atoms with Gasteiger partial charge in [-0.25, -0.2) is 0 Å². The molecule has 4 nitrogen and oxygen atoms in total. The summed E-state index contributed by atoms with van der Waals surface area (Å²) in [5, 5.41) is 3.12. The molecule has 35 heavy (non-hydrogen) atoms. The Labute approximate surface area is 217 Å². The normalized spacial score (nSPS) is 12.6. The van der Waals surface area contributed by atoms with Gasteiger partial charge in [0, 0.05) is 23.5 Å². The standard InChI is InChI=1S/C30H35BrN2O2/c1-5-23(4)32-30(35)28(18-24-10-7-6-8-11-24)33(20-25-12-9-13-27(31)17-25)29(34)19-26-16-21(2)14-15-22(26)3/h6-17,23,28H,5,18-20H2,1-4H3,(H,32,35)/t23-,28-/m1/s1. The van der Waals surface area contributed by atoms with Gasteiger partial charge in [0.1, 0.15) is 6.04 Å². The fourth-order valence-electron chi connectivity index (χ4n) is 4.08. The highest BCUT2D eigenvalue weighted by molar-refractivity contribution is 9.10. The molecule has 0 fully saturated rings. The Morgan fingerprint density at radius 1 is 0.943 bits per heavy atom. The van der Waals surface area contributed by atoms with E-state index in [0.29, 0.717) is 13.0 Å². The van der Waals surface area contributed by atoms with Gasteiger partial charge < -0.3 is 10.2 Å². The van der Waals surface area contributed by atoms with Crippen LogP contribution >= 0.6 is 15.9 Å². The van der Waals surface area contributed by atoms with Gasteiger partial charge in [-0.3, -0.25) is 9.59 Å². The van der Waals surface area contributed by atoms with Gasteiger partial charge in [-0.15, -0.1) is 0 Å². The Bertz CT molecular complexity index is 1150.